The number of imidazole rings is 1. The van der Waals surface area contributed by atoms with Gasteiger partial charge in [0.15, 0.2) is 5.82 Å². The van der Waals surface area contributed by atoms with Crippen molar-refractivity contribution in [3.05, 3.63) is 123 Å². The lowest BCUT2D eigenvalue weighted by molar-refractivity contribution is 0.475. The minimum Gasteiger partial charge on any atom is -0.508 e. The molecule has 5 rings (SSSR count). The number of aryl methyl sites for hydroxylation is 1. The minimum absolute atomic E-state index is 0.107. The number of fused-ring (bicyclic) bond motifs is 1. The quantitative estimate of drug-likeness (QED) is 0.426. The maximum Gasteiger partial charge on any atom is 0.278 e. The molecule has 0 amide bonds. The van der Waals surface area contributed by atoms with Crippen molar-refractivity contribution in [2.24, 2.45) is 0 Å². The van der Waals surface area contributed by atoms with E-state index in [-0.39, 0.29) is 11.3 Å². The monoisotopic (exact) mass is 421 g/mol. The highest BCUT2D eigenvalue weighted by Crippen LogP contribution is 2.25. The summed E-state index contributed by atoms with van der Waals surface area (Å²) in [5.41, 5.74) is 6.33. The molecule has 2 aliphatic heterocycles. The Hall–Kier alpha value is -4.12. The van der Waals surface area contributed by atoms with E-state index in [9.17, 15) is 9.90 Å². The van der Waals surface area contributed by atoms with E-state index in [1.807, 2.05) is 61.5 Å². The normalized spacial score (nSPS) is 11.2. The Bertz CT molecular complexity index is 1380. The lowest BCUT2D eigenvalue weighted by atomic mass is 10.1. The molecule has 0 fully saturated rings. The summed E-state index contributed by atoms with van der Waals surface area (Å²) in [6.45, 7) is 2.05. The van der Waals surface area contributed by atoms with Crippen LogP contribution in [0, 0.1) is 6.92 Å². The predicted octanol–water partition coefficient (Wildman–Crippen LogP) is 4.86. The Morgan fingerprint density at radius 1 is 0.875 bits per heavy atom. The SMILES string of the molecule is Cc1ccc(Cc2nc3c(Cc4ccccc4)[nH]c(-c4ccc(O)cc4)cn-3c2=O)cc1. The molecule has 0 saturated heterocycles. The van der Waals surface area contributed by atoms with Crippen LogP contribution in [-0.4, -0.2) is 19.6 Å². The number of phenolic OH excluding ortho intramolecular Hbond substituents is 1. The summed E-state index contributed by atoms with van der Waals surface area (Å²) >= 11 is 0. The third-order valence-electron chi connectivity index (χ3n) is 5.64. The fraction of sp³-hybridized carbons (Fsp3) is 0.111. The molecule has 3 aromatic rings. The second-order valence-corrected chi connectivity index (χ2v) is 8.08. The number of nitrogens with one attached hydrogen (secondary N) is 1. The van der Waals surface area contributed by atoms with E-state index >= 15 is 0 Å². The average molecular weight is 422 g/mol. The van der Waals surface area contributed by atoms with Crippen LogP contribution in [0.1, 0.15) is 28.1 Å². The maximum absolute atomic E-state index is 13.3. The molecule has 0 radical (unpaired) electrons. The first-order chi connectivity index (χ1) is 15.6. The molecule has 2 N–H and O–H groups in total. The standard InChI is InChI=1S/C27H23N3O2/c1-18-7-9-20(10-8-18)16-24-27(32)30-17-25(21-11-13-22(31)14-12-21)28-23(26(30)29-24)15-19-5-3-2-4-6-19/h2-14,17,28,31H,15-16H2,1H3. The number of nitrogens with zero attached hydrogens (tertiary/aromatic N) is 2. The van der Waals surface area contributed by atoms with Crippen molar-refractivity contribution >= 4 is 0 Å². The zero-order chi connectivity index (χ0) is 22.1. The first-order valence-electron chi connectivity index (χ1n) is 10.6. The number of aromatic nitrogens is 3. The van der Waals surface area contributed by atoms with E-state index in [2.05, 4.69) is 17.1 Å². The van der Waals surface area contributed by atoms with Crippen LogP contribution >= 0.6 is 0 Å². The summed E-state index contributed by atoms with van der Waals surface area (Å²) in [7, 11) is 0. The van der Waals surface area contributed by atoms with Crippen molar-refractivity contribution in [1.29, 1.82) is 0 Å². The minimum atomic E-state index is -0.107. The van der Waals surface area contributed by atoms with Gasteiger partial charge in [0.05, 0.1) is 11.4 Å². The van der Waals surface area contributed by atoms with Gasteiger partial charge < -0.3 is 10.1 Å². The van der Waals surface area contributed by atoms with Gasteiger partial charge in [0.25, 0.3) is 5.56 Å². The van der Waals surface area contributed by atoms with E-state index < -0.39 is 0 Å². The summed E-state index contributed by atoms with van der Waals surface area (Å²) in [6, 6.07) is 25.2. The Labute approximate surface area is 186 Å². The molecule has 3 aromatic carbocycles. The van der Waals surface area contributed by atoms with Gasteiger partial charge in [-0.15, -0.1) is 0 Å². The van der Waals surface area contributed by atoms with Crippen molar-refractivity contribution in [3.63, 3.8) is 0 Å². The van der Waals surface area contributed by atoms with Gasteiger partial charge in [-0.2, -0.15) is 0 Å². The summed E-state index contributed by atoms with van der Waals surface area (Å²) < 4.78 is 1.64. The molecular weight excluding hydrogens is 398 g/mol. The van der Waals surface area contributed by atoms with E-state index in [0.717, 1.165) is 28.1 Å². The van der Waals surface area contributed by atoms with E-state index in [0.29, 0.717) is 24.4 Å². The third-order valence-corrected chi connectivity index (χ3v) is 5.64. The molecule has 0 bridgehead atoms. The number of rotatable bonds is 5. The average Bonchev–Trinajstić information content (AvgIpc) is 3.12. The number of benzene rings is 3. The summed E-state index contributed by atoms with van der Waals surface area (Å²) in [6.07, 6.45) is 2.90. The topological polar surface area (TPSA) is 70.9 Å². The molecular formula is C27H23N3O2. The molecule has 0 aliphatic carbocycles. The highest BCUT2D eigenvalue weighted by molar-refractivity contribution is 5.61. The van der Waals surface area contributed by atoms with Crippen molar-refractivity contribution in [2.75, 3.05) is 0 Å². The van der Waals surface area contributed by atoms with Gasteiger partial charge in [0.2, 0.25) is 0 Å². The maximum atomic E-state index is 13.3. The van der Waals surface area contributed by atoms with Crippen LogP contribution in [0.3, 0.4) is 0 Å². The molecule has 0 saturated carbocycles. The lowest BCUT2D eigenvalue weighted by Crippen LogP contribution is -2.17. The van der Waals surface area contributed by atoms with E-state index in [1.165, 1.54) is 5.56 Å². The highest BCUT2D eigenvalue weighted by atomic mass is 16.3. The van der Waals surface area contributed by atoms with E-state index in [1.54, 1.807) is 22.9 Å². The number of H-pyrrole nitrogens is 1. The first-order valence-corrected chi connectivity index (χ1v) is 10.6. The predicted molar refractivity (Wildman–Crippen MR) is 126 cm³/mol. The summed E-state index contributed by atoms with van der Waals surface area (Å²) in [5.74, 6) is 0.843. The van der Waals surface area contributed by atoms with Crippen LogP contribution in [0.4, 0.5) is 0 Å². The van der Waals surface area contributed by atoms with Gasteiger partial charge in [0.1, 0.15) is 11.4 Å². The molecule has 5 heteroatoms. The molecule has 32 heavy (non-hydrogen) atoms. The smallest absolute Gasteiger partial charge is 0.278 e. The first kappa shape index (κ1) is 19.8. The van der Waals surface area contributed by atoms with Gasteiger partial charge in [-0.05, 0) is 47.9 Å². The Morgan fingerprint density at radius 2 is 1.56 bits per heavy atom. The number of hydrogen-bond acceptors (Lipinski definition) is 3. The molecule has 2 heterocycles. The molecule has 2 aliphatic rings. The second kappa shape index (κ2) is 8.19. The Kier molecular flexibility index (Phi) is 5.07. The fourth-order valence-corrected chi connectivity index (χ4v) is 3.90. The molecule has 0 spiro atoms. The third kappa shape index (κ3) is 3.93. The van der Waals surface area contributed by atoms with Crippen LogP contribution in [-0.2, 0) is 12.8 Å². The zero-order valence-corrected chi connectivity index (χ0v) is 17.7. The highest BCUT2D eigenvalue weighted by Gasteiger charge is 2.20. The van der Waals surface area contributed by atoms with Gasteiger partial charge in [0, 0.05) is 19.0 Å². The van der Waals surface area contributed by atoms with Crippen molar-refractivity contribution < 1.29 is 5.11 Å². The molecule has 5 nitrogen and oxygen atoms in total. The van der Waals surface area contributed by atoms with Crippen LogP contribution in [0.5, 0.6) is 5.75 Å². The Balaban J connectivity index is 1.63. The number of aromatic amines is 1. The largest absolute Gasteiger partial charge is 0.508 e. The number of phenols is 1. The fourth-order valence-electron chi connectivity index (χ4n) is 3.90. The van der Waals surface area contributed by atoms with Gasteiger partial charge in [-0.25, -0.2) is 4.98 Å². The van der Waals surface area contributed by atoms with Gasteiger partial charge >= 0.3 is 0 Å². The zero-order valence-electron chi connectivity index (χ0n) is 17.7. The summed E-state index contributed by atoms with van der Waals surface area (Å²) in [5, 5.41) is 9.65. The van der Waals surface area contributed by atoms with Crippen molar-refractivity contribution in [3.8, 4) is 22.8 Å². The van der Waals surface area contributed by atoms with Crippen LogP contribution in [0.2, 0.25) is 0 Å². The molecule has 0 atom stereocenters. The van der Waals surface area contributed by atoms with Crippen molar-refractivity contribution in [2.45, 2.75) is 19.8 Å². The number of hydrogen-bond donors (Lipinski definition) is 2. The molecule has 0 aromatic heterocycles. The molecule has 0 unspecified atom stereocenters. The lowest BCUT2D eigenvalue weighted by Gasteiger charge is -2.13. The second-order valence-electron chi connectivity index (χ2n) is 8.08. The Morgan fingerprint density at radius 3 is 2.28 bits per heavy atom. The number of aromatic hydroxyl groups is 1. The van der Waals surface area contributed by atoms with Crippen LogP contribution in [0.15, 0.2) is 89.9 Å². The molecule has 158 valence electrons. The van der Waals surface area contributed by atoms with Crippen LogP contribution in [0.25, 0.3) is 17.1 Å². The summed E-state index contributed by atoms with van der Waals surface area (Å²) in [4.78, 5) is 21.5. The van der Waals surface area contributed by atoms with E-state index in [4.69, 9.17) is 4.98 Å². The van der Waals surface area contributed by atoms with Crippen LogP contribution < -0.4 is 5.56 Å². The van der Waals surface area contributed by atoms with Gasteiger partial charge in [-0.1, -0.05) is 60.2 Å². The van der Waals surface area contributed by atoms with Gasteiger partial charge in [-0.3, -0.25) is 9.36 Å². The van der Waals surface area contributed by atoms with Crippen molar-refractivity contribution in [1.82, 2.24) is 14.5 Å².